The van der Waals surface area contributed by atoms with Crippen LogP contribution < -0.4 is 5.32 Å². The van der Waals surface area contributed by atoms with Gasteiger partial charge in [0.25, 0.3) is 0 Å². The minimum Gasteiger partial charge on any atom is -0.462 e. The number of allylic oxidation sites excluding steroid dienone is 14. The van der Waals surface area contributed by atoms with E-state index in [0.29, 0.717) is 19.3 Å². The Balaban J connectivity index is 4.66. The molecule has 0 spiro atoms. The summed E-state index contributed by atoms with van der Waals surface area (Å²) in [5.74, 6) is -0.526. The van der Waals surface area contributed by atoms with Crippen molar-refractivity contribution in [1.82, 2.24) is 5.32 Å². The van der Waals surface area contributed by atoms with Crippen LogP contribution in [0.3, 0.4) is 0 Å². The Labute approximate surface area is 408 Å². The molecule has 0 radical (unpaired) electrons. The lowest BCUT2D eigenvalue weighted by molar-refractivity contribution is -0.151. The third kappa shape index (κ3) is 47.5. The molecule has 0 fully saturated rings. The SMILES string of the molecule is CC/C=C\C/C=C\C/C=C\C/C=C\C/C=C\CCCCCC(=O)OC(CCCCCCC/C=C\C/C=C\CCCCC)CC(=O)NC(CO)C(O)CCCCCCCCCCCCCCC. The van der Waals surface area contributed by atoms with E-state index in [0.717, 1.165) is 116 Å². The van der Waals surface area contributed by atoms with Crippen LogP contribution in [0.5, 0.6) is 0 Å². The van der Waals surface area contributed by atoms with Gasteiger partial charge in [0, 0.05) is 6.42 Å². The number of nitrogens with one attached hydrogen (secondary N) is 1. The van der Waals surface area contributed by atoms with Crippen molar-refractivity contribution in [2.45, 2.75) is 277 Å². The lowest BCUT2D eigenvalue weighted by Gasteiger charge is -2.24. The predicted octanol–water partition coefficient (Wildman–Crippen LogP) is 17.1. The highest BCUT2D eigenvalue weighted by Gasteiger charge is 2.24. The monoisotopic (exact) mass is 920 g/mol. The Morgan fingerprint density at radius 1 is 0.455 bits per heavy atom. The zero-order valence-electron chi connectivity index (χ0n) is 43.3. The average molecular weight is 921 g/mol. The average Bonchev–Trinajstić information content (AvgIpc) is 3.31. The molecule has 0 aromatic carbocycles. The summed E-state index contributed by atoms with van der Waals surface area (Å²) < 4.78 is 5.93. The summed E-state index contributed by atoms with van der Waals surface area (Å²) in [6.07, 6.45) is 69.2. The molecule has 0 aromatic heterocycles. The molecule has 6 nitrogen and oxygen atoms in total. The van der Waals surface area contributed by atoms with Gasteiger partial charge in [-0.1, -0.05) is 228 Å². The van der Waals surface area contributed by atoms with Gasteiger partial charge in [0.1, 0.15) is 6.10 Å². The summed E-state index contributed by atoms with van der Waals surface area (Å²) in [5.41, 5.74) is 0. The number of hydrogen-bond acceptors (Lipinski definition) is 5. The minimum absolute atomic E-state index is 0.0512. The molecule has 380 valence electrons. The van der Waals surface area contributed by atoms with Crippen molar-refractivity contribution in [3.05, 3.63) is 85.1 Å². The van der Waals surface area contributed by atoms with Crippen LogP contribution in [0.2, 0.25) is 0 Å². The summed E-state index contributed by atoms with van der Waals surface area (Å²) in [7, 11) is 0. The van der Waals surface area contributed by atoms with Crippen LogP contribution >= 0.6 is 0 Å². The van der Waals surface area contributed by atoms with Gasteiger partial charge in [0.05, 0.1) is 25.2 Å². The van der Waals surface area contributed by atoms with Crippen molar-refractivity contribution in [3.8, 4) is 0 Å². The van der Waals surface area contributed by atoms with E-state index in [4.69, 9.17) is 4.74 Å². The molecule has 0 aromatic rings. The Morgan fingerprint density at radius 3 is 1.27 bits per heavy atom. The molecular weight excluding hydrogens is 815 g/mol. The van der Waals surface area contributed by atoms with Crippen LogP contribution in [0.1, 0.15) is 258 Å². The van der Waals surface area contributed by atoms with E-state index >= 15 is 0 Å². The number of aliphatic hydroxyl groups is 2. The number of carbonyl (C=O) groups excluding carboxylic acids is 2. The van der Waals surface area contributed by atoms with Gasteiger partial charge in [-0.05, 0) is 103 Å². The number of esters is 1. The largest absolute Gasteiger partial charge is 0.462 e. The van der Waals surface area contributed by atoms with E-state index in [1.165, 1.54) is 96.3 Å². The smallest absolute Gasteiger partial charge is 0.306 e. The van der Waals surface area contributed by atoms with Gasteiger partial charge in [-0.25, -0.2) is 0 Å². The van der Waals surface area contributed by atoms with Gasteiger partial charge >= 0.3 is 5.97 Å². The van der Waals surface area contributed by atoms with Crippen LogP contribution in [-0.4, -0.2) is 46.9 Å². The van der Waals surface area contributed by atoms with E-state index in [-0.39, 0.29) is 24.9 Å². The Morgan fingerprint density at radius 2 is 0.818 bits per heavy atom. The number of ether oxygens (including phenoxy) is 1. The topological polar surface area (TPSA) is 95.9 Å². The van der Waals surface area contributed by atoms with E-state index in [1.54, 1.807) is 0 Å². The number of hydrogen-bond donors (Lipinski definition) is 3. The van der Waals surface area contributed by atoms with Crippen molar-refractivity contribution in [2.75, 3.05) is 6.61 Å². The molecule has 0 aliphatic carbocycles. The van der Waals surface area contributed by atoms with Crippen LogP contribution in [0.4, 0.5) is 0 Å². The minimum atomic E-state index is -0.802. The molecule has 3 unspecified atom stereocenters. The third-order valence-corrected chi connectivity index (χ3v) is 12.2. The molecule has 1 amide bonds. The van der Waals surface area contributed by atoms with Gasteiger partial charge in [0.2, 0.25) is 5.91 Å². The van der Waals surface area contributed by atoms with Gasteiger partial charge in [0.15, 0.2) is 0 Å². The first kappa shape index (κ1) is 63.0. The van der Waals surface area contributed by atoms with Gasteiger partial charge in [-0.3, -0.25) is 9.59 Å². The fourth-order valence-electron chi connectivity index (χ4n) is 8.02. The maximum atomic E-state index is 13.2. The van der Waals surface area contributed by atoms with Crippen LogP contribution in [0, 0.1) is 0 Å². The van der Waals surface area contributed by atoms with E-state index in [9.17, 15) is 19.8 Å². The molecule has 0 saturated carbocycles. The quantitative estimate of drug-likeness (QED) is 0.0321. The predicted molar refractivity (Wildman–Crippen MR) is 287 cm³/mol. The summed E-state index contributed by atoms with van der Waals surface area (Å²) in [6, 6.07) is -0.718. The first-order valence-corrected chi connectivity index (χ1v) is 27.8. The van der Waals surface area contributed by atoms with E-state index in [1.807, 2.05) is 0 Å². The summed E-state index contributed by atoms with van der Waals surface area (Å²) in [5, 5.41) is 23.8. The lowest BCUT2D eigenvalue weighted by atomic mass is 10.0. The molecule has 0 rings (SSSR count). The number of unbranched alkanes of at least 4 members (excludes halogenated alkanes) is 23. The first-order chi connectivity index (χ1) is 32.5. The van der Waals surface area contributed by atoms with Gasteiger partial charge in [-0.2, -0.15) is 0 Å². The number of amides is 1. The maximum absolute atomic E-state index is 13.2. The molecule has 3 N–H and O–H groups in total. The maximum Gasteiger partial charge on any atom is 0.306 e. The standard InChI is InChI=1S/C60H105NO5/c1-4-7-10-13-16-19-22-25-27-28-29-30-32-35-38-41-44-47-50-53-60(65)66-56(51-48-45-42-39-36-34-31-26-23-20-17-14-11-8-5-2)54-59(64)61-57(55-62)58(63)52-49-46-43-40-37-33-24-21-18-15-12-9-6-3/h7,10,16-17,19-20,25-27,29-31,35,38,56-58,62-63H,4-6,8-9,11-15,18,21-24,28,32-34,36-37,39-55H2,1-3H3,(H,61,64)/b10-7-,19-16-,20-17-,27-25-,30-29-,31-26-,38-35-. The molecule has 0 heterocycles. The zero-order chi connectivity index (χ0) is 48.1. The highest BCUT2D eigenvalue weighted by molar-refractivity contribution is 5.77. The molecule has 0 aliphatic rings. The van der Waals surface area contributed by atoms with Crippen molar-refractivity contribution in [1.29, 1.82) is 0 Å². The van der Waals surface area contributed by atoms with Crippen LogP contribution in [0.25, 0.3) is 0 Å². The zero-order valence-corrected chi connectivity index (χ0v) is 43.3. The second-order valence-electron chi connectivity index (χ2n) is 18.6. The number of carbonyl (C=O) groups is 2. The second kappa shape index (κ2) is 53.0. The molecule has 6 heteroatoms. The van der Waals surface area contributed by atoms with E-state index in [2.05, 4.69) is 111 Å². The molecule has 66 heavy (non-hydrogen) atoms. The van der Waals surface area contributed by atoms with E-state index < -0.39 is 18.2 Å². The number of aliphatic hydroxyl groups excluding tert-OH is 2. The summed E-state index contributed by atoms with van der Waals surface area (Å²) in [4.78, 5) is 26.2. The highest BCUT2D eigenvalue weighted by Crippen LogP contribution is 2.17. The Hall–Kier alpha value is -2.96. The second-order valence-corrected chi connectivity index (χ2v) is 18.6. The van der Waals surface area contributed by atoms with Crippen molar-refractivity contribution < 1.29 is 24.5 Å². The lowest BCUT2D eigenvalue weighted by Crippen LogP contribution is -2.46. The van der Waals surface area contributed by atoms with Gasteiger partial charge < -0.3 is 20.3 Å². The van der Waals surface area contributed by atoms with Crippen molar-refractivity contribution >= 4 is 11.9 Å². The Bertz CT molecular complexity index is 1260. The normalized spacial score (nSPS) is 13.8. The van der Waals surface area contributed by atoms with Crippen molar-refractivity contribution in [3.63, 3.8) is 0 Å². The molecule has 3 atom stereocenters. The fourth-order valence-corrected chi connectivity index (χ4v) is 8.02. The highest BCUT2D eigenvalue weighted by atomic mass is 16.5. The molecule has 0 saturated heterocycles. The third-order valence-electron chi connectivity index (χ3n) is 12.2. The molecule has 0 bridgehead atoms. The first-order valence-electron chi connectivity index (χ1n) is 27.8. The number of rotatable bonds is 49. The van der Waals surface area contributed by atoms with Gasteiger partial charge in [-0.15, -0.1) is 0 Å². The molecule has 0 aliphatic heterocycles. The van der Waals surface area contributed by atoms with Crippen LogP contribution in [0.15, 0.2) is 85.1 Å². The van der Waals surface area contributed by atoms with Crippen molar-refractivity contribution in [2.24, 2.45) is 0 Å². The van der Waals surface area contributed by atoms with Crippen LogP contribution in [-0.2, 0) is 14.3 Å². The fraction of sp³-hybridized carbons (Fsp3) is 0.733. The Kier molecular flexibility index (Phi) is 50.6. The summed E-state index contributed by atoms with van der Waals surface area (Å²) in [6.45, 7) is 6.34. The molecular formula is C60H105NO5. The summed E-state index contributed by atoms with van der Waals surface area (Å²) >= 11 is 0.